The van der Waals surface area contributed by atoms with Gasteiger partial charge in [0.1, 0.15) is 5.82 Å². The first-order chi connectivity index (χ1) is 15.7. The van der Waals surface area contributed by atoms with Gasteiger partial charge in [-0.1, -0.05) is 24.3 Å². The van der Waals surface area contributed by atoms with Crippen molar-refractivity contribution < 1.29 is 4.79 Å². The lowest BCUT2D eigenvalue weighted by molar-refractivity contribution is 0.0709. The van der Waals surface area contributed by atoms with E-state index in [0.29, 0.717) is 18.7 Å². The van der Waals surface area contributed by atoms with Crippen LogP contribution in [-0.2, 0) is 0 Å². The van der Waals surface area contributed by atoms with Gasteiger partial charge in [-0.25, -0.2) is 15.0 Å². The van der Waals surface area contributed by atoms with E-state index < -0.39 is 0 Å². The standard InChI is InChI=1S/C24H25N7O/c25-16-18-6-10-30(11-7-18)23(32)21-17-28-22(20-5-2-1-4-19(20)21)29-12-14-31(15-13-29)24-26-8-3-9-27-24/h1-5,8-9,17-18H,6-7,10-15H2. The molecule has 32 heavy (non-hydrogen) atoms. The summed E-state index contributed by atoms with van der Waals surface area (Å²) in [5, 5.41) is 11.1. The number of carbonyl (C=O) groups excluding carboxylic acids is 1. The highest BCUT2D eigenvalue weighted by atomic mass is 16.2. The van der Waals surface area contributed by atoms with Gasteiger partial charge in [-0.3, -0.25) is 4.79 Å². The Bertz CT molecular complexity index is 1140. The van der Waals surface area contributed by atoms with Crippen molar-refractivity contribution in [1.82, 2.24) is 19.9 Å². The molecule has 0 atom stereocenters. The van der Waals surface area contributed by atoms with Crippen molar-refractivity contribution in [2.24, 2.45) is 5.92 Å². The minimum Gasteiger partial charge on any atom is -0.353 e. The number of pyridine rings is 1. The summed E-state index contributed by atoms with van der Waals surface area (Å²) in [6.45, 7) is 4.49. The van der Waals surface area contributed by atoms with Crippen LogP contribution in [0.5, 0.6) is 0 Å². The van der Waals surface area contributed by atoms with Crippen LogP contribution in [0.1, 0.15) is 23.2 Å². The third-order valence-electron chi connectivity index (χ3n) is 6.38. The molecule has 8 heteroatoms. The monoisotopic (exact) mass is 427 g/mol. The molecule has 0 radical (unpaired) electrons. The Morgan fingerprint density at radius 2 is 1.53 bits per heavy atom. The third-order valence-corrected chi connectivity index (χ3v) is 6.38. The number of fused-ring (bicyclic) bond motifs is 1. The van der Waals surface area contributed by atoms with Crippen molar-refractivity contribution in [3.8, 4) is 6.07 Å². The van der Waals surface area contributed by atoms with E-state index in [2.05, 4.69) is 25.8 Å². The van der Waals surface area contributed by atoms with Crippen LogP contribution in [0.15, 0.2) is 48.9 Å². The molecule has 5 rings (SSSR count). The van der Waals surface area contributed by atoms with Crippen molar-refractivity contribution in [3.63, 3.8) is 0 Å². The van der Waals surface area contributed by atoms with E-state index >= 15 is 0 Å². The van der Waals surface area contributed by atoms with Crippen LogP contribution in [0.2, 0.25) is 0 Å². The molecule has 1 amide bonds. The topological polar surface area (TPSA) is 89.3 Å². The van der Waals surface area contributed by atoms with Gasteiger partial charge in [-0.05, 0) is 24.3 Å². The Morgan fingerprint density at radius 3 is 2.22 bits per heavy atom. The van der Waals surface area contributed by atoms with Crippen LogP contribution in [0.3, 0.4) is 0 Å². The molecule has 2 aromatic heterocycles. The fourth-order valence-electron chi connectivity index (χ4n) is 4.55. The second-order valence-corrected chi connectivity index (χ2v) is 8.26. The molecule has 2 fully saturated rings. The summed E-state index contributed by atoms with van der Waals surface area (Å²) >= 11 is 0. The van der Waals surface area contributed by atoms with E-state index in [0.717, 1.165) is 61.6 Å². The predicted molar refractivity (Wildman–Crippen MR) is 122 cm³/mol. The molecule has 2 saturated heterocycles. The van der Waals surface area contributed by atoms with Crippen LogP contribution in [0.25, 0.3) is 10.8 Å². The van der Waals surface area contributed by atoms with Crippen molar-refractivity contribution in [2.45, 2.75) is 12.8 Å². The predicted octanol–water partition coefficient (Wildman–Crippen LogP) is 2.73. The molecular formula is C24H25N7O. The summed E-state index contributed by atoms with van der Waals surface area (Å²) in [5.41, 5.74) is 0.635. The molecule has 2 aliphatic rings. The molecule has 0 spiro atoms. The molecule has 3 aromatic rings. The second-order valence-electron chi connectivity index (χ2n) is 8.26. The fraction of sp³-hybridized carbons (Fsp3) is 0.375. The Balaban J connectivity index is 1.37. The number of carbonyl (C=O) groups is 1. The molecule has 0 bridgehead atoms. The van der Waals surface area contributed by atoms with E-state index in [1.807, 2.05) is 35.2 Å². The SMILES string of the molecule is N#CC1CCN(C(=O)c2cnc(N3CCN(c4ncccn4)CC3)c3ccccc23)CC1. The largest absolute Gasteiger partial charge is 0.353 e. The summed E-state index contributed by atoms with van der Waals surface area (Å²) in [5.74, 6) is 1.72. The average Bonchev–Trinajstić information content (AvgIpc) is 2.88. The van der Waals surface area contributed by atoms with Gasteiger partial charge in [-0.2, -0.15) is 5.26 Å². The van der Waals surface area contributed by atoms with Crippen LogP contribution in [-0.4, -0.2) is 65.0 Å². The van der Waals surface area contributed by atoms with Crippen molar-refractivity contribution in [3.05, 3.63) is 54.5 Å². The van der Waals surface area contributed by atoms with E-state index in [9.17, 15) is 4.79 Å². The minimum atomic E-state index is 0.00249. The van der Waals surface area contributed by atoms with E-state index in [1.54, 1.807) is 18.6 Å². The maximum Gasteiger partial charge on any atom is 0.256 e. The van der Waals surface area contributed by atoms with Gasteiger partial charge < -0.3 is 14.7 Å². The number of anilines is 2. The maximum absolute atomic E-state index is 13.3. The average molecular weight is 428 g/mol. The lowest BCUT2D eigenvalue weighted by atomic mass is 9.97. The molecule has 0 N–H and O–H groups in total. The van der Waals surface area contributed by atoms with E-state index in [4.69, 9.17) is 10.2 Å². The van der Waals surface area contributed by atoms with Crippen molar-refractivity contribution in [1.29, 1.82) is 5.26 Å². The zero-order valence-corrected chi connectivity index (χ0v) is 17.9. The molecule has 0 aliphatic carbocycles. The molecule has 2 aliphatic heterocycles. The zero-order valence-electron chi connectivity index (χ0n) is 17.9. The Morgan fingerprint density at radius 1 is 0.875 bits per heavy atom. The molecule has 162 valence electrons. The molecule has 1 aromatic carbocycles. The number of likely N-dealkylation sites (tertiary alicyclic amines) is 1. The molecule has 8 nitrogen and oxygen atoms in total. The van der Waals surface area contributed by atoms with Crippen LogP contribution in [0.4, 0.5) is 11.8 Å². The first-order valence-corrected chi connectivity index (χ1v) is 11.1. The van der Waals surface area contributed by atoms with Crippen molar-refractivity contribution in [2.75, 3.05) is 49.1 Å². The fourth-order valence-corrected chi connectivity index (χ4v) is 4.55. The zero-order chi connectivity index (χ0) is 21.9. The highest BCUT2D eigenvalue weighted by Gasteiger charge is 2.27. The quantitative estimate of drug-likeness (QED) is 0.635. The van der Waals surface area contributed by atoms with Gasteiger partial charge in [0.05, 0.1) is 11.6 Å². The van der Waals surface area contributed by atoms with Crippen LogP contribution in [0, 0.1) is 17.2 Å². The molecule has 0 unspecified atom stereocenters. The summed E-state index contributed by atoms with van der Waals surface area (Å²) < 4.78 is 0. The summed E-state index contributed by atoms with van der Waals surface area (Å²) in [7, 11) is 0. The highest BCUT2D eigenvalue weighted by molar-refractivity contribution is 6.09. The van der Waals surface area contributed by atoms with Gasteiger partial charge >= 0.3 is 0 Å². The number of hydrogen-bond donors (Lipinski definition) is 0. The third kappa shape index (κ3) is 3.82. The highest BCUT2D eigenvalue weighted by Crippen LogP contribution is 2.30. The summed E-state index contributed by atoms with van der Waals surface area (Å²) in [6, 6.07) is 12.2. The Kier molecular flexibility index (Phi) is 5.55. The minimum absolute atomic E-state index is 0.00249. The molecular weight excluding hydrogens is 402 g/mol. The number of piperidine rings is 1. The number of hydrogen-bond acceptors (Lipinski definition) is 7. The van der Waals surface area contributed by atoms with Gasteiger partial charge in [0.25, 0.3) is 5.91 Å². The number of benzene rings is 1. The lowest BCUT2D eigenvalue weighted by Gasteiger charge is -2.36. The van der Waals surface area contributed by atoms with Gasteiger partial charge in [0.15, 0.2) is 0 Å². The Labute approximate surface area is 187 Å². The van der Waals surface area contributed by atoms with Gasteiger partial charge in [0.2, 0.25) is 5.95 Å². The smallest absolute Gasteiger partial charge is 0.256 e. The Hall–Kier alpha value is -3.73. The molecule has 4 heterocycles. The lowest BCUT2D eigenvalue weighted by Crippen LogP contribution is -2.47. The van der Waals surface area contributed by atoms with E-state index in [-0.39, 0.29) is 11.8 Å². The number of rotatable bonds is 3. The number of aromatic nitrogens is 3. The normalized spacial score (nSPS) is 17.4. The van der Waals surface area contributed by atoms with Gasteiger partial charge in [0, 0.05) is 69.2 Å². The number of nitrogens with zero attached hydrogens (tertiary/aromatic N) is 7. The van der Waals surface area contributed by atoms with Crippen LogP contribution >= 0.6 is 0 Å². The van der Waals surface area contributed by atoms with Gasteiger partial charge in [-0.15, -0.1) is 0 Å². The molecule has 0 saturated carbocycles. The van der Waals surface area contributed by atoms with E-state index in [1.165, 1.54) is 0 Å². The number of amides is 1. The number of piperazine rings is 1. The second kappa shape index (κ2) is 8.79. The number of nitriles is 1. The first-order valence-electron chi connectivity index (χ1n) is 11.1. The van der Waals surface area contributed by atoms with Crippen molar-refractivity contribution >= 4 is 28.4 Å². The summed E-state index contributed by atoms with van der Waals surface area (Å²) in [6.07, 6.45) is 6.73. The first kappa shape index (κ1) is 20.2. The maximum atomic E-state index is 13.3. The summed E-state index contributed by atoms with van der Waals surface area (Å²) in [4.78, 5) is 33.0. The van der Waals surface area contributed by atoms with Crippen LogP contribution < -0.4 is 9.80 Å².